The van der Waals surface area contributed by atoms with Gasteiger partial charge in [0.05, 0.1) is 28.9 Å². The summed E-state index contributed by atoms with van der Waals surface area (Å²) in [4.78, 5) is 38.3. The quantitative estimate of drug-likeness (QED) is 0.530. The molecule has 3 aromatic rings. The molecular formula is C19H18F3N3O4. The van der Waals surface area contributed by atoms with Crippen molar-refractivity contribution in [2.75, 3.05) is 6.61 Å². The van der Waals surface area contributed by atoms with Crippen LogP contribution in [0.25, 0.3) is 16.7 Å². The number of carbonyl (C=O) groups is 1. The number of aromatic nitrogens is 3. The highest BCUT2D eigenvalue weighted by Gasteiger charge is 2.35. The highest BCUT2D eigenvalue weighted by Crippen LogP contribution is 2.37. The van der Waals surface area contributed by atoms with Gasteiger partial charge in [-0.2, -0.15) is 13.2 Å². The lowest BCUT2D eigenvalue weighted by atomic mass is 10.1. The van der Waals surface area contributed by atoms with Gasteiger partial charge >= 0.3 is 23.3 Å². The van der Waals surface area contributed by atoms with E-state index in [9.17, 15) is 27.6 Å². The Hall–Kier alpha value is -3.30. The first kappa shape index (κ1) is 20.4. The molecule has 0 aliphatic rings. The largest absolute Gasteiger partial charge is 0.465 e. The number of hydrogen-bond donors (Lipinski definition) is 1. The number of alkyl halides is 3. The van der Waals surface area contributed by atoms with E-state index in [0.717, 1.165) is 16.7 Å². The fraction of sp³-hybridized carbons (Fsp3) is 0.316. The minimum atomic E-state index is -4.72. The van der Waals surface area contributed by atoms with Crippen LogP contribution in [-0.2, 0) is 22.3 Å². The molecule has 1 N–H and O–H groups in total. The first-order valence-corrected chi connectivity index (χ1v) is 8.73. The molecule has 2 heterocycles. The minimum absolute atomic E-state index is 0.0156. The summed E-state index contributed by atoms with van der Waals surface area (Å²) in [5, 5.41) is 0. The molecule has 29 heavy (non-hydrogen) atoms. The van der Waals surface area contributed by atoms with Crippen LogP contribution in [0.3, 0.4) is 0 Å². The van der Waals surface area contributed by atoms with Crippen LogP contribution in [0.2, 0.25) is 0 Å². The molecule has 0 aliphatic carbocycles. The predicted octanol–water partition coefficient (Wildman–Crippen LogP) is 2.68. The predicted molar refractivity (Wildman–Crippen MR) is 99.3 cm³/mol. The molecule has 0 bridgehead atoms. The number of nitrogens with one attached hydrogen (secondary N) is 1. The van der Waals surface area contributed by atoms with Crippen molar-refractivity contribution in [1.82, 2.24) is 14.1 Å². The Morgan fingerprint density at radius 2 is 1.76 bits per heavy atom. The molecule has 2 aromatic heterocycles. The van der Waals surface area contributed by atoms with Crippen molar-refractivity contribution in [1.29, 1.82) is 0 Å². The second-order valence-electron chi connectivity index (χ2n) is 6.49. The molecule has 154 valence electrons. The van der Waals surface area contributed by atoms with Gasteiger partial charge in [-0.05, 0) is 45.0 Å². The third-order valence-electron chi connectivity index (χ3n) is 4.50. The Morgan fingerprint density at radius 1 is 1.14 bits per heavy atom. The number of halogens is 3. The van der Waals surface area contributed by atoms with E-state index in [1.54, 1.807) is 32.9 Å². The number of aryl methyl sites for hydroxylation is 2. The number of rotatable bonds is 4. The average Bonchev–Trinajstić information content (AvgIpc) is 2.96. The molecular weight excluding hydrogens is 391 g/mol. The van der Waals surface area contributed by atoms with Gasteiger partial charge in [0, 0.05) is 11.4 Å². The van der Waals surface area contributed by atoms with E-state index in [1.807, 2.05) is 0 Å². The Labute approximate surface area is 162 Å². The van der Waals surface area contributed by atoms with E-state index in [1.165, 1.54) is 4.57 Å². The van der Waals surface area contributed by atoms with Crippen molar-refractivity contribution in [3.8, 4) is 5.69 Å². The molecule has 1 aromatic carbocycles. The van der Waals surface area contributed by atoms with Crippen LogP contribution in [0.1, 0.15) is 23.9 Å². The number of carbonyl (C=O) groups excluding carboxylic acids is 1. The lowest BCUT2D eigenvalue weighted by molar-refractivity contribution is -0.143. The van der Waals surface area contributed by atoms with Crippen LogP contribution in [0.4, 0.5) is 13.2 Å². The topological polar surface area (TPSA) is 86.1 Å². The Kier molecular flexibility index (Phi) is 5.12. The van der Waals surface area contributed by atoms with Crippen LogP contribution in [-0.4, -0.2) is 26.7 Å². The summed E-state index contributed by atoms with van der Waals surface area (Å²) in [6.07, 6.45) is -4.72. The molecule has 0 spiro atoms. The van der Waals surface area contributed by atoms with Crippen LogP contribution >= 0.6 is 0 Å². The zero-order valence-electron chi connectivity index (χ0n) is 15.9. The standard InChI is InChI=1S/C19H18F3N3O4/c1-4-29-16(26)9-24-15-8-14(25-10(2)5-6-11(25)3)12(19(20,21)22)7-13(15)23-17(27)18(24)28/h5-8H,4,9H2,1-3H3,(H,23,27). The minimum Gasteiger partial charge on any atom is -0.465 e. The smallest absolute Gasteiger partial charge is 0.418 e. The van der Waals surface area contributed by atoms with Gasteiger partial charge in [-0.3, -0.25) is 19.0 Å². The fourth-order valence-electron chi connectivity index (χ4n) is 3.26. The number of hydrogen-bond acceptors (Lipinski definition) is 4. The van der Waals surface area contributed by atoms with Crippen molar-refractivity contribution in [2.45, 2.75) is 33.5 Å². The summed E-state index contributed by atoms with van der Waals surface area (Å²) in [6.45, 7) is 4.33. The summed E-state index contributed by atoms with van der Waals surface area (Å²) < 4.78 is 48.4. The van der Waals surface area contributed by atoms with Gasteiger partial charge < -0.3 is 14.3 Å². The lowest BCUT2D eigenvalue weighted by Gasteiger charge is -2.19. The van der Waals surface area contributed by atoms with Crippen molar-refractivity contribution in [3.05, 3.63) is 61.9 Å². The van der Waals surface area contributed by atoms with E-state index in [2.05, 4.69) is 4.98 Å². The molecule has 0 radical (unpaired) electrons. The zero-order valence-corrected chi connectivity index (χ0v) is 15.9. The molecule has 0 saturated heterocycles. The van der Waals surface area contributed by atoms with Crippen LogP contribution in [0.15, 0.2) is 33.9 Å². The number of fused-ring (bicyclic) bond motifs is 1. The molecule has 0 saturated carbocycles. The summed E-state index contributed by atoms with van der Waals surface area (Å²) in [5.74, 6) is -0.781. The third-order valence-corrected chi connectivity index (χ3v) is 4.50. The van der Waals surface area contributed by atoms with Crippen LogP contribution < -0.4 is 11.1 Å². The Bertz CT molecular complexity index is 1200. The molecule has 10 heteroatoms. The van der Waals surface area contributed by atoms with E-state index in [-0.39, 0.29) is 23.3 Å². The first-order valence-electron chi connectivity index (χ1n) is 8.73. The number of ether oxygens (including phenoxy) is 1. The second kappa shape index (κ2) is 7.26. The van der Waals surface area contributed by atoms with Crippen molar-refractivity contribution < 1.29 is 22.7 Å². The highest BCUT2D eigenvalue weighted by molar-refractivity contribution is 5.81. The summed E-state index contributed by atoms with van der Waals surface area (Å²) in [6, 6.07) is 5.25. The number of H-pyrrole nitrogens is 1. The van der Waals surface area contributed by atoms with Gasteiger partial charge in [0.15, 0.2) is 0 Å². The summed E-state index contributed by atoms with van der Waals surface area (Å²) >= 11 is 0. The van der Waals surface area contributed by atoms with Crippen LogP contribution in [0.5, 0.6) is 0 Å². The molecule has 0 unspecified atom stereocenters. The normalized spacial score (nSPS) is 11.8. The molecule has 0 fully saturated rings. The van der Waals surface area contributed by atoms with E-state index in [0.29, 0.717) is 11.4 Å². The molecule has 0 atom stereocenters. The maximum atomic E-state index is 13.8. The van der Waals surface area contributed by atoms with E-state index in [4.69, 9.17) is 4.74 Å². The maximum absolute atomic E-state index is 13.8. The van der Waals surface area contributed by atoms with Gasteiger partial charge in [-0.1, -0.05) is 0 Å². The first-order chi connectivity index (χ1) is 13.5. The molecule has 0 amide bonds. The van der Waals surface area contributed by atoms with Crippen molar-refractivity contribution >= 4 is 17.0 Å². The molecule has 7 nitrogen and oxygen atoms in total. The van der Waals surface area contributed by atoms with Gasteiger partial charge in [-0.15, -0.1) is 0 Å². The second-order valence-corrected chi connectivity index (χ2v) is 6.49. The Balaban J connectivity index is 2.41. The number of nitrogens with zero attached hydrogens (tertiary/aromatic N) is 2. The van der Waals surface area contributed by atoms with E-state index >= 15 is 0 Å². The Morgan fingerprint density at radius 3 is 2.31 bits per heavy atom. The van der Waals surface area contributed by atoms with Gasteiger partial charge in [0.1, 0.15) is 6.54 Å². The monoisotopic (exact) mass is 409 g/mol. The maximum Gasteiger partial charge on any atom is 0.418 e. The number of aromatic amines is 1. The third kappa shape index (κ3) is 3.69. The van der Waals surface area contributed by atoms with E-state index < -0.39 is 35.4 Å². The number of esters is 1. The fourth-order valence-corrected chi connectivity index (χ4v) is 3.26. The summed E-state index contributed by atoms with van der Waals surface area (Å²) in [7, 11) is 0. The van der Waals surface area contributed by atoms with Gasteiger partial charge in [0.25, 0.3) is 0 Å². The molecule has 3 rings (SSSR count). The zero-order chi connectivity index (χ0) is 21.5. The van der Waals surface area contributed by atoms with Gasteiger partial charge in [-0.25, -0.2) is 0 Å². The average molecular weight is 409 g/mol. The molecule has 0 aliphatic heterocycles. The van der Waals surface area contributed by atoms with Crippen LogP contribution in [0, 0.1) is 13.8 Å². The number of benzene rings is 1. The summed E-state index contributed by atoms with van der Waals surface area (Å²) in [5.41, 5.74) is -2.51. The van der Waals surface area contributed by atoms with Crippen molar-refractivity contribution in [2.24, 2.45) is 0 Å². The van der Waals surface area contributed by atoms with Crippen molar-refractivity contribution in [3.63, 3.8) is 0 Å². The lowest BCUT2D eigenvalue weighted by Crippen LogP contribution is -2.38. The van der Waals surface area contributed by atoms with Gasteiger partial charge in [0.2, 0.25) is 0 Å². The SMILES string of the molecule is CCOC(=O)Cn1c(=O)c(=O)[nH]c2cc(C(F)(F)F)c(-n3c(C)ccc3C)cc21. The highest BCUT2D eigenvalue weighted by atomic mass is 19.4.